The Morgan fingerprint density at radius 1 is 1.18 bits per heavy atom. The van der Waals surface area contributed by atoms with Crippen molar-refractivity contribution in [2.75, 3.05) is 19.8 Å². The molecule has 38 heavy (non-hydrogen) atoms. The van der Waals surface area contributed by atoms with Gasteiger partial charge < -0.3 is 18.9 Å². The van der Waals surface area contributed by atoms with Gasteiger partial charge in [-0.2, -0.15) is 18.2 Å². The van der Waals surface area contributed by atoms with E-state index in [9.17, 15) is 22.8 Å². The molecule has 2 aromatic rings. The van der Waals surface area contributed by atoms with Crippen LogP contribution in [0.5, 0.6) is 5.75 Å². The van der Waals surface area contributed by atoms with Crippen molar-refractivity contribution in [3.05, 3.63) is 45.2 Å². The van der Waals surface area contributed by atoms with Crippen LogP contribution in [0.25, 0.3) is 0 Å². The van der Waals surface area contributed by atoms with Crippen molar-refractivity contribution in [1.82, 2.24) is 9.47 Å². The number of carbonyl (C=O) groups is 2. The summed E-state index contributed by atoms with van der Waals surface area (Å²) in [5.41, 5.74) is -1.42. The zero-order chi connectivity index (χ0) is 27.7. The number of nitrogens with zero attached hydrogens (tertiary/aromatic N) is 3. The van der Waals surface area contributed by atoms with Gasteiger partial charge in [-0.1, -0.05) is 20.8 Å². The largest absolute Gasteiger partial charge is 0.491 e. The molecule has 1 aromatic heterocycles. The molecule has 2 aliphatic rings. The highest BCUT2D eigenvalue weighted by Gasteiger charge is 2.33. The quantitative estimate of drug-likeness (QED) is 0.495. The molecule has 2 atom stereocenters. The van der Waals surface area contributed by atoms with Crippen molar-refractivity contribution >= 4 is 23.2 Å². The SMILES string of the molecule is CC(=O)N1CCC[C@H]1COc1ccc(C(F)(F)F)cc1C(=O)N=c1sc(C(C)(C)C)cn1C[C@H]1CCCO1. The van der Waals surface area contributed by atoms with Crippen LogP contribution in [0.1, 0.15) is 74.2 Å². The standard InChI is InChI=1S/C27H34F3N3O4S/c1-17(34)33-11-5-7-19(33)16-37-22-10-9-18(27(28,29)30)13-21(22)24(35)31-25-32(14-20-8-6-12-36-20)15-23(38-25)26(2,3)4/h9-10,13,15,19-20H,5-8,11-12,14,16H2,1-4H3/t19-,20+/m0/s1. The summed E-state index contributed by atoms with van der Waals surface area (Å²) in [7, 11) is 0. The van der Waals surface area contributed by atoms with Crippen LogP contribution in [0, 0.1) is 0 Å². The van der Waals surface area contributed by atoms with Crippen LogP contribution in [-0.4, -0.2) is 53.2 Å². The molecular formula is C27H34F3N3O4S. The zero-order valence-electron chi connectivity index (χ0n) is 22.1. The molecule has 0 spiro atoms. The van der Waals surface area contributed by atoms with Crippen LogP contribution in [0.4, 0.5) is 13.2 Å². The molecule has 3 heterocycles. The first-order chi connectivity index (χ1) is 17.8. The molecule has 0 aliphatic carbocycles. The predicted octanol–water partition coefficient (Wildman–Crippen LogP) is 5.18. The van der Waals surface area contributed by atoms with Gasteiger partial charge in [0.2, 0.25) is 5.91 Å². The number of amides is 2. The molecule has 2 fully saturated rings. The van der Waals surface area contributed by atoms with Crippen molar-refractivity contribution < 1.29 is 32.2 Å². The van der Waals surface area contributed by atoms with Gasteiger partial charge in [-0.3, -0.25) is 9.59 Å². The second-order valence-corrected chi connectivity index (χ2v) is 11.9. The second kappa shape index (κ2) is 11.2. The van der Waals surface area contributed by atoms with E-state index >= 15 is 0 Å². The first kappa shape index (κ1) is 28.4. The van der Waals surface area contributed by atoms with Crippen LogP contribution >= 0.6 is 11.3 Å². The lowest BCUT2D eigenvalue weighted by atomic mass is 9.95. The molecule has 0 saturated carbocycles. The third-order valence-electron chi connectivity index (χ3n) is 6.83. The van der Waals surface area contributed by atoms with Gasteiger partial charge in [0, 0.05) is 31.1 Å². The van der Waals surface area contributed by atoms with Crippen LogP contribution in [0.2, 0.25) is 0 Å². The van der Waals surface area contributed by atoms with Crippen LogP contribution in [0.3, 0.4) is 0 Å². The molecule has 0 bridgehead atoms. The number of ether oxygens (including phenoxy) is 2. The highest BCUT2D eigenvalue weighted by molar-refractivity contribution is 7.09. The molecule has 2 amide bonds. The van der Waals surface area contributed by atoms with Gasteiger partial charge in [-0.15, -0.1) is 11.3 Å². The topological polar surface area (TPSA) is 73.1 Å². The fourth-order valence-corrected chi connectivity index (χ4v) is 5.76. The summed E-state index contributed by atoms with van der Waals surface area (Å²) in [5.74, 6) is -0.886. The molecule has 1 aromatic carbocycles. The van der Waals surface area contributed by atoms with Gasteiger partial charge in [0.15, 0.2) is 4.80 Å². The molecule has 0 N–H and O–H groups in total. The minimum atomic E-state index is -4.63. The first-order valence-corrected chi connectivity index (χ1v) is 13.7. The van der Waals surface area contributed by atoms with E-state index in [2.05, 4.69) is 4.99 Å². The van der Waals surface area contributed by atoms with E-state index < -0.39 is 17.6 Å². The van der Waals surface area contributed by atoms with Crippen LogP contribution < -0.4 is 9.54 Å². The number of rotatable bonds is 6. The molecule has 11 heteroatoms. The number of hydrogen-bond acceptors (Lipinski definition) is 5. The van der Waals surface area contributed by atoms with Gasteiger partial charge in [0.1, 0.15) is 12.4 Å². The van der Waals surface area contributed by atoms with Gasteiger partial charge in [-0.25, -0.2) is 0 Å². The van der Waals surface area contributed by atoms with Crippen molar-refractivity contribution in [2.45, 2.75) is 83.7 Å². The van der Waals surface area contributed by atoms with Crippen LogP contribution in [0.15, 0.2) is 29.4 Å². The van der Waals surface area contributed by atoms with E-state index in [4.69, 9.17) is 9.47 Å². The summed E-state index contributed by atoms with van der Waals surface area (Å²) in [6.07, 6.45) is 0.702. The maximum atomic E-state index is 13.5. The minimum absolute atomic E-state index is 0.00504. The summed E-state index contributed by atoms with van der Waals surface area (Å²) in [6, 6.07) is 2.65. The van der Waals surface area contributed by atoms with Gasteiger partial charge >= 0.3 is 6.18 Å². The smallest absolute Gasteiger partial charge is 0.416 e. The molecular weight excluding hydrogens is 519 g/mol. The second-order valence-electron chi connectivity index (χ2n) is 10.9. The summed E-state index contributed by atoms with van der Waals surface area (Å²) < 4.78 is 54.1. The third kappa shape index (κ3) is 6.66. The Hall–Kier alpha value is -2.66. The highest BCUT2D eigenvalue weighted by atomic mass is 32.1. The van der Waals surface area contributed by atoms with Crippen molar-refractivity contribution in [1.29, 1.82) is 0 Å². The van der Waals surface area contributed by atoms with Crippen molar-refractivity contribution in [3.63, 3.8) is 0 Å². The molecule has 2 saturated heterocycles. The number of benzene rings is 1. The Labute approximate surface area is 224 Å². The number of aromatic nitrogens is 1. The monoisotopic (exact) mass is 553 g/mol. The lowest BCUT2D eigenvalue weighted by Crippen LogP contribution is -2.37. The van der Waals surface area contributed by atoms with E-state index in [-0.39, 0.29) is 41.4 Å². The van der Waals surface area contributed by atoms with Crippen molar-refractivity contribution in [2.24, 2.45) is 4.99 Å². The molecule has 2 aliphatic heterocycles. The number of halogens is 3. The third-order valence-corrected chi connectivity index (χ3v) is 8.28. The maximum absolute atomic E-state index is 13.5. The fourth-order valence-electron chi connectivity index (χ4n) is 4.71. The average Bonchev–Trinajstić information content (AvgIpc) is 3.58. The van der Waals surface area contributed by atoms with Gasteiger partial charge in [0.25, 0.3) is 5.91 Å². The Morgan fingerprint density at radius 3 is 2.58 bits per heavy atom. The molecule has 0 radical (unpaired) electrons. The number of thiazole rings is 1. The number of likely N-dealkylation sites (tertiary alicyclic amines) is 1. The Balaban J connectivity index is 1.69. The molecule has 7 nitrogen and oxygen atoms in total. The van der Waals surface area contributed by atoms with Gasteiger partial charge in [-0.05, 0) is 49.3 Å². The molecule has 4 rings (SSSR count). The summed E-state index contributed by atoms with van der Waals surface area (Å²) >= 11 is 1.34. The molecule has 208 valence electrons. The van der Waals surface area contributed by atoms with Crippen LogP contribution in [-0.2, 0) is 27.7 Å². The van der Waals surface area contributed by atoms with Crippen molar-refractivity contribution in [3.8, 4) is 5.75 Å². The number of hydrogen-bond donors (Lipinski definition) is 0. The van der Waals surface area contributed by atoms with E-state index in [0.29, 0.717) is 24.5 Å². The number of alkyl halides is 3. The Bertz CT molecular complexity index is 1240. The van der Waals surface area contributed by atoms with E-state index in [1.807, 2.05) is 31.5 Å². The van der Waals surface area contributed by atoms with E-state index in [0.717, 1.165) is 48.8 Å². The minimum Gasteiger partial charge on any atom is -0.491 e. The summed E-state index contributed by atoms with van der Waals surface area (Å²) in [5, 5.41) is 0. The molecule has 0 unspecified atom stereocenters. The average molecular weight is 554 g/mol. The van der Waals surface area contributed by atoms with E-state index in [1.165, 1.54) is 18.3 Å². The van der Waals surface area contributed by atoms with E-state index in [1.54, 1.807) is 4.90 Å². The Morgan fingerprint density at radius 2 is 1.95 bits per heavy atom. The predicted molar refractivity (Wildman–Crippen MR) is 137 cm³/mol. The fraction of sp³-hybridized carbons (Fsp3) is 0.593. The number of carbonyl (C=O) groups excluding carboxylic acids is 2. The lowest BCUT2D eigenvalue weighted by molar-refractivity contribution is -0.137. The normalized spacial score (nSPS) is 20.8. The first-order valence-electron chi connectivity index (χ1n) is 12.9. The van der Waals surface area contributed by atoms with Gasteiger partial charge in [0.05, 0.1) is 29.8 Å². The maximum Gasteiger partial charge on any atom is 0.416 e. The zero-order valence-corrected chi connectivity index (χ0v) is 23.0. The lowest BCUT2D eigenvalue weighted by Gasteiger charge is -2.24. The Kier molecular flexibility index (Phi) is 8.37. The summed E-state index contributed by atoms with van der Waals surface area (Å²) in [4.78, 5) is 32.7. The summed E-state index contributed by atoms with van der Waals surface area (Å²) in [6.45, 7) is 9.50. The highest BCUT2D eigenvalue weighted by Crippen LogP contribution is 2.33.